The Morgan fingerprint density at radius 1 is 1.05 bits per heavy atom. The van der Waals surface area contributed by atoms with Crippen LogP contribution in [0.4, 0.5) is 4.39 Å². The number of nitrogens with zero attached hydrogens (tertiary/aromatic N) is 1. The third-order valence-electron chi connectivity index (χ3n) is 7.14. The van der Waals surface area contributed by atoms with Crippen molar-refractivity contribution in [2.24, 2.45) is 0 Å². The van der Waals surface area contributed by atoms with Crippen molar-refractivity contribution < 1.29 is 18.7 Å². The third-order valence-corrected chi connectivity index (χ3v) is 9.40. The summed E-state index contributed by atoms with van der Waals surface area (Å²) in [5.41, 5.74) is 3.45. The van der Waals surface area contributed by atoms with E-state index < -0.39 is 5.82 Å². The number of hydrogen-bond acceptors (Lipinski definition) is 4. The van der Waals surface area contributed by atoms with Crippen molar-refractivity contribution >= 4 is 65.3 Å². The predicted molar refractivity (Wildman–Crippen MR) is 160 cm³/mol. The minimum Gasteiger partial charge on any atom is -0.496 e. The molecular weight excluding hydrogens is 636 g/mol. The van der Waals surface area contributed by atoms with Crippen LogP contribution in [-0.4, -0.2) is 27.7 Å². The van der Waals surface area contributed by atoms with Crippen molar-refractivity contribution in [1.29, 1.82) is 0 Å². The second kappa shape index (κ2) is 11.7. The number of fused-ring (bicyclic) bond motifs is 1. The first kappa shape index (κ1) is 27.1. The molecule has 4 nitrogen and oxygen atoms in total. The maximum absolute atomic E-state index is 14.6. The highest BCUT2D eigenvalue weighted by atomic mass is 127. The fraction of sp³-hybridized carbons (Fsp3) is 0.267. The van der Waals surface area contributed by atoms with Crippen LogP contribution in [0.15, 0.2) is 60.7 Å². The summed E-state index contributed by atoms with van der Waals surface area (Å²) in [4.78, 5) is 28.0. The SMILES string of the molecule is COc1ccc(-c2ccc(C(=O)I)cc2)cc1CN(C(=O)c1sc2cccc(F)c2c1Cl)C1CCCCC1. The Balaban J connectivity index is 1.53. The Morgan fingerprint density at radius 2 is 1.76 bits per heavy atom. The summed E-state index contributed by atoms with van der Waals surface area (Å²) in [7, 11) is 1.62. The van der Waals surface area contributed by atoms with Crippen LogP contribution >= 0.6 is 45.5 Å². The summed E-state index contributed by atoms with van der Waals surface area (Å²) >= 11 is 9.64. The van der Waals surface area contributed by atoms with E-state index in [1.165, 1.54) is 17.4 Å². The first-order valence-corrected chi connectivity index (χ1v) is 14.8. The summed E-state index contributed by atoms with van der Waals surface area (Å²) in [6.45, 7) is 0.345. The van der Waals surface area contributed by atoms with Crippen molar-refractivity contribution in [3.63, 3.8) is 0 Å². The van der Waals surface area contributed by atoms with Gasteiger partial charge in [-0.3, -0.25) is 9.59 Å². The molecule has 4 aromatic rings. The number of rotatable bonds is 7. The van der Waals surface area contributed by atoms with Gasteiger partial charge in [0.2, 0.25) is 3.79 Å². The summed E-state index contributed by atoms with van der Waals surface area (Å²) in [6.07, 6.45) is 5.10. The van der Waals surface area contributed by atoms with Gasteiger partial charge in [-0.15, -0.1) is 11.3 Å². The molecule has 1 fully saturated rings. The molecule has 0 radical (unpaired) electrons. The summed E-state index contributed by atoms with van der Waals surface area (Å²) < 4.78 is 20.9. The molecule has 0 aliphatic heterocycles. The number of halogens is 3. The van der Waals surface area contributed by atoms with Gasteiger partial charge >= 0.3 is 0 Å². The van der Waals surface area contributed by atoms with Crippen LogP contribution in [0.25, 0.3) is 21.2 Å². The van der Waals surface area contributed by atoms with Crippen molar-refractivity contribution in [1.82, 2.24) is 4.90 Å². The van der Waals surface area contributed by atoms with Crippen LogP contribution in [-0.2, 0) is 6.54 Å². The molecule has 0 bridgehead atoms. The molecule has 0 N–H and O–H groups in total. The second-order valence-electron chi connectivity index (χ2n) is 9.46. The third kappa shape index (κ3) is 5.46. The van der Waals surface area contributed by atoms with Gasteiger partial charge in [-0.25, -0.2) is 4.39 Å². The lowest BCUT2D eigenvalue weighted by Gasteiger charge is -2.34. The minimum atomic E-state index is -0.420. The highest BCUT2D eigenvalue weighted by Gasteiger charge is 2.31. The van der Waals surface area contributed by atoms with Gasteiger partial charge in [-0.1, -0.05) is 55.1 Å². The number of amides is 1. The molecule has 0 atom stereocenters. The van der Waals surface area contributed by atoms with E-state index in [1.54, 1.807) is 41.8 Å². The van der Waals surface area contributed by atoms with Crippen LogP contribution in [0.3, 0.4) is 0 Å². The van der Waals surface area contributed by atoms with E-state index in [0.29, 0.717) is 32.8 Å². The smallest absolute Gasteiger partial charge is 0.266 e. The number of carbonyl (C=O) groups excluding carboxylic acids is 2. The monoisotopic (exact) mass is 661 g/mol. The lowest BCUT2D eigenvalue weighted by atomic mass is 9.93. The molecule has 0 unspecified atom stereocenters. The molecule has 1 amide bonds. The van der Waals surface area contributed by atoms with Crippen molar-refractivity contribution in [2.45, 2.75) is 44.7 Å². The standard InChI is InChI=1S/C30H26ClFINO3S/c1-37-24-15-14-20(18-10-12-19(13-11-18)29(33)35)16-21(24)17-34(22-6-3-2-4-7-22)30(36)28-27(31)26-23(32)8-5-9-25(26)38-28/h5,8-16,22H,2-4,6-7,17H2,1H3. The maximum Gasteiger partial charge on any atom is 0.266 e. The second-order valence-corrected chi connectivity index (χ2v) is 11.9. The lowest BCUT2D eigenvalue weighted by molar-refractivity contribution is 0.0618. The van der Waals surface area contributed by atoms with Crippen LogP contribution < -0.4 is 4.74 Å². The molecule has 0 spiro atoms. The van der Waals surface area contributed by atoms with E-state index in [0.717, 1.165) is 48.8 Å². The van der Waals surface area contributed by atoms with Gasteiger partial charge in [-0.2, -0.15) is 0 Å². The molecule has 1 heterocycles. The number of methoxy groups -OCH3 is 1. The van der Waals surface area contributed by atoms with Gasteiger partial charge in [0.15, 0.2) is 0 Å². The first-order chi connectivity index (χ1) is 18.4. The van der Waals surface area contributed by atoms with Crippen LogP contribution in [0.5, 0.6) is 5.75 Å². The van der Waals surface area contributed by atoms with Crippen LogP contribution in [0.1, 0.15) is 57.7 Å². The Kier molecular flexibility index (Phi) is 8.35. The van der Waals surface area contributed by atoms with Crippen LogP contribution in [0, 0.1) is 5.82 Å². The molecule has 3 aromatic carbocycles. The summed E-state index contributed by atoms with van der Waals surface area (Å²) in [5.74, 6) is 0.0893. The number of thiophene rings is 1. The number of carbonyl (C=O) groups is 2. The van der Waals surface area contributed by atoms with Crippen molar-refractivity contribution in [3.05, 3.63) is 87.5 Å². The van der Waals surface area contributed by atoms with E-state index >= 15 is 0 Å². The Bertz CT molecular complexity index is 1500. The van der Waals surface area contributed by atoms with Gasteiger partial charge in [0, 0.05) is 56.4 Å². The topological polar surface area (TPSA) is 46.6 Å². The quantitative estimate of drug-likeness (QED) is 0.147. The fourth-order valence-corrected chi connectivity index (χ4v) is 7.03. The van der Waals surface area contributed by atoms with Gasteiger partial charge in [0.05, 0.1) is 12.1 Å². The summed E-state index contributed by atoms with van der Waals surface area (Å²) in [5, 5.41) is 0.485. The van der Waals surface area contributed by atoms with Gasteiger partial charge in [0.25, 0.3) is 5.91 Å². The van der Waals surface area contributed by atoms with E-state index in [4.69, 9.17) is 16.3 Å². The normalized spacial score (nSPS) is 14.0. The fourth-order valence-electron chi connectivity index (χ4n) is 5.16. The molecule has 38 heavy (non-hydrogen) atoms. The first-order valence-electron chi connectivity index (χ1n) is 12.5. The zero-order chi connectivity index (χ0) is 26.8. The Morgan fingerprint density at radius 3 is 2.42 bits per heavy atom. The molecule has 0 saturated heterocycles. The van der Waals surface area contributed by atoms with Crippen molar-refractivity contribution in [2.75, 3.05) is 7.11 Å². The molecule has 1 aromatic heterocycles. The minimum absolute atomic E-state index is 0.00835. The Labute approximate surface area is 243 Å². The van der Waals surface area contributed by atoms with Crippen LogP contribution in [0.2, 0.25) is 5.02 Å². The van der Waals surface area contributed by atoms with E-state index in [1.807, 2.05) is 47.4 Å². The molecule has 196 valence electrons. The average molecular weight is 662 g/mol. The predicted octanol–water partition coefficient (Wildman–Crippen LogP) is 8.92. The number of hydrogen-bond donors (Lipinski definition) is 0. The molecular formula is C30H26ClFINO3S. The molecule has 5 rings (SSSR count). The summed E-state index contributed by atoms with van der Waals surface area (Å²) in [6, 6.07) is 18.3. The zero-order valence-corrected chi connectivity index (χ0v) is 24.5. The highest BCUT2D eigenvalue weighted by Crippen LogP contribution is 2.39. The van der Waals surface area contributed by atoms with E-state index in [9.17, 15) is 14.0 Å². The molecule has 8 heteroatoms. The molecule has 1 aliphatic rings. The number of ether oxygens (including phenoxy) is 1. The van der Waals surface area contributed by atoms with E-state index in [-0.39, 0.29) is 20.8 Å². The largest absolute Gasteiger partial charge is 0.496 e. The Hall–Kier alpha value is -2.49. The molecule has 1 saturated carbocycles. The number of benzene rings is 3. The maximum atomic E-state index is 14.6. The highest BCUT2D eigenvalue weighted by molar-refractivity contribution is 14.1. The van der Waals surface area contributed by atoms with Gasteiger partial charge < -0.3 is 9.64 Å². The van der Waals surface area contributed by atoms with Crippen molar-refractivity contribution in [3.8, 4) is 16.9 Å². The lowest BCUT2D eigenvalue weighted by Crippen LogP contribution is -2.40. The van der Waals surface area contributed by atoms with Gasteiger partial charge in [-0.05, 0) is 60.4 Å². The average Bonchev–Trinajstić information content (AvgIpc) is 3.29. The van der Waals surface area contributed by atoms with E-state index in [2.05, 4.69) is 0 Å². The van der Waals surface area contributed by atoms with Gasteiger partial charge in [0.1, 0.15) is 16.4 Å². The molecule has 1 aliphatic carbocycles. The zero-order valence-electron chi connectivity index (χ0n) is 20.8.